The molecular formula is C29H30O4. The van der Waals surface area contributed by atoms with Crippen LogP contribution in [0.15, 0.2) is 72.8 Å². The first kappa shape index (κ1) is 22.8. The molecule has 0 atom stereocenters. The molecule has 0 bridgehead atoms. The number of carbonyl (C=O) groups excluding carboxylic acids is 2. The van der Waals surface area contributed by atoms with E-state index in [4.69, 9.17) is 9.47 Å². The molecule has 4 nitrogen and oxygen atoms in total. The summed E-state index contributed by atoms with van der Waals surface area (Å²) in [4.78, 5) is 26.0. The van der Waals surface area contributed by atoms with E-state index in [1.807, 2.05) is 18.2 Å². The molecule has 4 rings (SSSR count). The summed E-state index contributed by atoms with van der Waals surface area (Å²) in [5.74, 6) is -0.0260. The average Bonchev–Trinajstić information content (AvgIpc) is 3.35. The van der Waals surface area contributed by atoms with Gasteiger partial charge in [-0.3, -0.25) is 0 Å². The number of hydrogen-bond donors (Lipinski definition) is 0. The first-order valence-corrected chi connectivity index (χ1v) is 11.6. The van der Waals surface area contributed by atoms with Crippen molar-refractivity contribution in [3.05, 3.63) is 95.1 Å². The van der Waals surface area contributed by atoms with Crippen LogP contribution in [-0.2, 0) is 5.41 Å². The Balaban J connectivity index is 1.81. The lowest BCUT2D eigenvalue weighted by molar-refractivity contribution is 0.0680. The largest absolute Gasteiger partial charge is 0.419 e. The van der Waals surface area contributed by atoms with Crippen LogP contribution >= 0.6 is 0 Å². The van der Waals surface area contributed by atoms with Gasteiger partial charge in [-0.1, -0.05) is 76.1 Å². The van der Waals surface area contributed by atoms with E-state index < -0.39 is 11.9 Å². The number of ether oxygens (including phenoxy) is 2. The van der Waals surface area contributed by atoms with Crippen molar-refractivity contribution in [3.8, 4) is 11.5 Å². The van der Waals surface area contributed by atoms with Crippen molar-refractivity contribution >= 4 is 11.9 Å². The van der Waals surface area contributed by atoms with Crippen molar-refractivity contribution in [1.82, 2.24) is 0 Å². The Kier molecular flexibility index (Phi) is 6.64. The third-order valence-electron chi connectivity index (χ3n) is 6.16. The molecule has 0 radical (unpaired) electrons. The van der Waals surface area contributed by atoms with Crippen molar-refractivity contribution in [2.45, 2.75) is 57.8 Å². The number of benzene rings is 3. The fourth-order valence-corrected chi connectivity index (χ4v) is 4.24. The Morgan fingerprint density at radius 1 is 0.758 bits per heavy atom. The molecular weight excluding hydrogens is 412 g/mol. The van der Waals surface area contributed by atoms with E-state index in [1.165, 1.54) is 0 Å². The molecule has 3 aromatic carbocycles. The molecule has 0 spiro atoms. The normalized spacial score (nSPS) is 14.2. The van der Waals surface area contributed by atoms with Gasteiger partial charge in [-0.15, -0.1) is 0 Å². The van der Waals surface area contributed by atoms with E-state index >= 15 is 0 Å². The second-order valence-corrected chi connectivity index (χ2v) is 9.64. The average molecular weight is 443 g/mol. The van der Waals surface area contributed by atoms with Crippen molar-refractivity contribution in [2.75, 3.05) is 0 Å². The van der Waals surface area contributed by atoms with Crippen LogP contribution < -0.4 is 9.47 Å². The van der Waals surface area contributed by atoms with Gasteiger partial charge in [-0.25, -0.2) is 9.59 Å². The van der Waals surface area contributed by atoms with Gasteiger partial charge < -0.3 is 9.47 Å². The second-order valence-electron chi connectivity index (χ2n) is 9.64. The molecule has 0 heterocycles. The lowest BCUT2D eigenvalue weighted by atomic mass is 9.83. The zero-order valence-corrected chi connectivity index (χ0v) is 19.5. The maximum atomic E-state index is 13.0. The molecule has 0 N–H and O–H groups in total. The van der Waals surface area contributed by atoms with Gasteiger partial charge in [0, 0.05) is 5.56 Å². The summed E-state index contributed by atoms with van der Waals surface area (Å²) in [6.07, 6.45) is 4.32. The standard InChI is InChI=1S/C29H30O4/c1-29(2,3)23-18-24(20-12-10-11-13-20)26(33-28(31)22-16-8-5-9-17-22)25(19-23)32-27(30)21-14-6-4-7-15-21/h4-9,14-20H,10-13H2,1-3H3. The molecule has 3 aromatic rings. The molecule has 0 amide bonds. The Morgan fingerprint density at radius 3 is 1.79 bits per heavy atom. The van der Waals surface area contributed by atoms with Gasteiger partial charge in [0.1, 0.15) is 0 Å². The summed E-state index contributed by atoms with van der Waals surface area (Å²) in [5.41, 5.74) is 2.72. The smallest absolute Gasteiger partial charge is 0.343 e. The Hall–Kier alpha value is -3.40. The van der Waals surface area contributed by atoms with Crippen LogP contribution in [0.4, 0.5) is 0 Å². The third kappa shape index (κ3) is 5.33. The molecule has 1 aliphatic carbocycles. The zero-order valence-electron chi connectivity index (χ0n) is 19.5. The molecule has 4 heteroatoms. The highest BCUT2D eigenvalue weighted by Crippen LogP contribution is 2.46. The molecule has 170 valence electrons. The highest BCUT2D eigenvalue weighted by atomic mass is 16.6. The Morgan fingerprint density at radius 2 is 1.27 bits per heavy atom. The molecule has 33 heavy (non-hydrogen) atoms. The van der Waals surface area contributed by atoms with Crippen LogP contribution in [0.5, 0.6) is 11.5 Å². The number of carbonyl (C=O) groups is 2. The van der Waals surface area contributed by atoms with Crippen LogP contribution in [0.1, 0.15) is 84.2 Å². The fraction of sp³-hybridized carbons (Fsp3) is 0.310. The molecule has 0 aromatic heterocycles. The van der Waals surface area contributed by atoms with E-state index in [2.05, 4.69) is 26.8 Å². The minimum Gasteiger partial charge on any atom is -0.419 e. The molecule has 1 aliphatic rings. The molecule has 0 saturated heterocycles. The highest BCUT2D eigenvalue weighted by molar-refractivity contribution is 5.93. The predicted octanol–water partition coefficient (Wildman–Crippen LogP) is 7.08. The highest BCUT2D eigenvalue weighted by Gasteiger charge is 2.29. The molecule has 1 fully saturated rings. The van der Waals surface area contributed by atoms with E-state index in [1.54, 1.807) is 48.5 Å². The van der Waals surface area contributed by atoms with Crippen molar-refractivity contribution in [2.24, 2.45) is 0 Å². The van der Waals surface area contributed by atoms with E-state index in [9.17, 15) is 9.59 Å². The summed E-state index contributed by atoms with van der Waals surface area (Å²) in [6.45, 7) is 6.37. The van der Waals surface area contributed by atoms with Gasteiger partial charge in [0.05, 0.1) is 11.1 Å². The summed E-state index contributed by atoms with van der Waals surface area (Å²) >= 11 is 0. The summed E-state index contributed by atoms with van der Waals surface area (Å²) < 4.78 is 11.9. The number of rotatable bonds is 5. The third-order valence-corrected chi connectivity index (χ3v) is 6.16. The van der Waals surface area contributed by atoms with Gasteiger partial charge in [-0.05, 0) is 60.1 Å². The van der Waals surface area contributed by atoms with Crippen LogP contribution in [0.25, 0.3) is 0 Å². The van der Waals surface area contributed by atoms with E-state index in [0.29, 0.717) is 22.6 Å². The van der Waals surface area contributed by atoms with Crippen LogP contribution in [-0.4, -0.2) is 11.9 Å². The molecule has 0 unspecified atom stereocenters. The predicted molar refractivity (Wildman–Crippen MR) is 129 cm³/mol. The lowest BCUT2D eigenvalue weighted by Crippen LogP contribution is -2.17. The van der Waals surface area contributed by atoms with E-state index in [-0.39, 0.29) is 11.3 Å². The van der Waals surface area contributed by atoms with Crippen LogP contribution in [0.3, 0.4) is 0 Å². The summed E-state index contributed by atoms with van der Waals surface area (Å²) in [7, 11) is 0. The Labute approximate surface area is 195 Å². The first-order valence-electron chi connectivity index (χ1n) is 11.6. The maximum Gasteiger partial charge on any atom is 0.343 e. The quantitative estimate of drug-likeness (QED) is 0.313. The molecule has 0 aliphatic heterocycles. The van der Waals surface area contributed by atoms with Crippen molar-refractivity contribution < 1.29 is 19.1 Å². The van der Waals surface area contributed by atoms with Crippen molar-refractivity contribution in [3.63, 3.8) is 0 Å². The van der Waals surface area contributed by atoms with Gasteiger partial charge >= 0.3 is 11.9 Å². The van der Waals surface area contributed by atoms with Crippen LogP contribution in [0, 0.1) is 0 Å². The second kappa shape index (κ2) is 9.62. The van der Waals surface area contributed by atoms with E-state index in [0.717, 1.165) is 36.8 Å². The fourth-order valence-electron chi connectivity index (χ4n) is 4.24. The van der Waals surface area contributed by atoms with Crippen LogP contribution in [0.2, 0.25) is 0 Å². The topological polar surface area (TPSA) is 52.6 Å². The maximum absolute atomic E-state index is 13.0. The summed E-state index contributed by atoms with van der Waals surface area (Å²) in [5, 5.41) is 0. The van der Waals surface area contributed by atoms with Crippen molar-refractivity contribution in [1.29, 1.82) is 0 Å². The van der Waals surface area contributed by atoms with Gasteiger partial charge in [0.15, 0.2) is 11.5 Å². The Bertz CT molecular complexity index is 1120. The SMILES string of the molecule is CC(C)(C)c1cc(OC(=O)c2ccccc2)c(OC(=O)c2ccccc2)c(C2CCCC2)c1. The zero-order chi connectivity index (χ0) is 23.4. The molecule has 1 saturated carbocycles. The first-order chi connectivity index (χ1) is 15.8. The number of hydrogen-bond acceptors (Lipinski definition) is 4. The van der Waals surface area contributed by atoms with Gasteiger partial charge in [-0.2, -0.15) is 0 Å². The summed E-state index contributed by atoms with van der Waals surface area (Å²) in [6, 6.07) is 21.7. The monoisotopic (exact) mass is 442 g/mol. The lowest BCUT2D eigenvalue weighted by Gasteiger charge is -2.25. The van der Waals surface area contributed by atoms with Gasteiger partial charge in [0.25, 0.3) is 0 Å². The minimum atomic E-state index is -0.476. The minimum absolute atomic E-state index is 0.163. The number of esters is 2. The van der Waals surface area contributed by atoms with Gasteiger partial charge in [0.2, 0.25) is 0 Å².